The van der Waals surface area contributed by atoms with Gasteiger partial charge in [-0.25, -0.2) is 0 Å². The minimum absolute atomic E-state index is 0.160. The molecule has 0 saturated heterocycles. The average molecular weight is 263 g/mol. The smallest absolute Gasteiger partial charge is 0.231 e. The lowest BCUT2D eigenvalue weighted by atomic mass is 10.2. The lowest BCUT2D eigenvalue weighted by Crippen LogP contribution is -2.22. The molecule has 94 valence electrons. The summed E-state index contributed by atoms with van der Waals surface area (Å²) in [7, 11) is 0. The maximum Gasteiger partial charge on any atom is 0.231 e. The Morgan fingerprint density at radius 2 is 2.29 bits per heavy atom. The standard InChI is InChI=1S/C11H12ClFO4/c1-2-15-11(17-13)7-16-10-4-3-9(12)5-8(10)6-14/h3-6,11H,2,7H2,1H3. The molecule has 0 heterocycles. The van der Waals surface area contributed by atoms with Gasteiger partial charge in [0.25, 0.3) is 0 Å². The molecule has 1 unspecified atom stereocenters. The first-order chi connectivity index (χ1) is 8.21. The number of carbonyl (C=O) groups is 1. The van der Waals surface area contributed by atoms with Crippen LogP contribution in [0.25, 0.3) is 0 Å². The SMILES string of the molecule is CCOC(COc1ccc(Cl)cc1C=O)OF. The van der Waals surface area contributed by atoms with E-state index in [1.54, 1.807) is 13.0 Å². The zero-order chi connectivity index (χ0) is 12.7. The van der Waals surface area contributed by atoms with Gasteiger partial charge in [0.1, 0.15) is 12.4 Å². The van der Waals surface area contributed by atoms with Crippen LogP contribution in [0.1, 0.15) is 17.3 Å². The molecule has 1 aromatic rings. The summed E-state index contributed by atoms with van der Waals surface area (Å²) in [6.45, 7) is 1.83. The third-order valence-corrected chi connectivity index (χ3v) is 2.16. The molecule has 0 bridgehead atoms. The van der Waals surface area contributed by atoms with Crippen LogP contribution in [-0.2, 0) is 9.68 Å². The van der Waals surface area contributed by atoms with Crippen LogP contribution in [0.15, 0.2) is 18.2 Å². The highest BCUT2D eigenvalue weighted by Gasteiger charge is 2.12. The Balaban J connectivity index is 2.64. The van der Waals surface area contributed by atoms with E-state index in [1.165, 1.54) is 12.1 Å². The van der Waals surface area contributed by atoms with Crippen molar-refractivity contribution in [3.8, 4) is 5.75 Å². The van der Waals surface area contributed by atoms with Crippen molar-refractivity contribution in [1.29, 1.82) is 0 Å². The molecule has 0 fully saturated rings. The molecule has 0 N–H and O–H groups in total. The molecular weight excluding hydrogens is 251 g/mol. The highest BCUT2D eigenvalue weighted by molar-refractivity contribution is 6.30. The summed E-state index contributed by atoms with van der Waals surface area (Å²) in [5.41, 5.74) is 0.284. The molecule has 17 heavy (non-hydrogen) atoms. The van der Waals surface area contributed by atoms with Crippen LogP contribution in [0.3, 0.4) is 0 Å². The van der Waals surface area contributed by atoms with E-state index >= 15 is 0 Å². The van der Waals surface area contributed by atoms with Crippen LogP contribution < -0.4 is 4.74 Å². The molecule has 1 rings (SSSR count). The van der Waals surface area contributed by atoms with Gasteiger partial charge in [-0.15, -0.1) is 0 Å². The van der Waals surface area contributed by atoms with Crippen molar-refractivity contribution in [3.05, 3.63) is 28.8 Å². The van der Waals surface area contributed by atoms with Gasteiger partial charge < -0.3 is 9.47 Å². The van der Waals surface area contributed by atoms with Crippen LogP contribution >= 0.6 is 11.6 Å². The number of hydrogen-bond donors (Lipinski definition) is 0. The van der Waals surface area contributed by atoms with Crippen LogP contribution in [0.5, 0.6) is 5.75 Å². The second-order valence-electron chi connectivity index (χ2n) is 3.08. The van der Waals surface area contributed by atoms with Gasteiger partial charge in [-0.1, -0.05) is 11.6 Å². The summed E-state index contributed by atoms with van der Waals surface area (Å²) < 4.78 is 22.1. The minimum Gasteiger partial charge on any atom is -0.487 e. The quantitative estimate of drug-likeness (QED) is 0.560. The fourth-order valence-corrected chi connectivity index (χ4v) is 1.37. The maximum absolute atomic E-state index is 12.0. The normalized spacial score (nSPS) is 12.2. The Hall–Kier alpha value is -1.17. The summed E-state index contributed by atoms with van der Waals surface area (Å²) in [5.74, 6) is 0.297. The molecule has 0 aliphatic heterocycles. The zero-order valence-electron chi connectivity index (χ0n) is 9.19. The monoisotopic (exact) mass is 262 g/mol. The van der Waals surface area contributed by atoms with Crippen LogP contribution in [0.4, 0.5) is 4.53 Å². The first kappa shape index (κ1) is 13.9. The Bertz CT molecular complexity index is 372. The molecule has 0 aliphatic carbocycles. The number of rotatable bonds is 7. The van der Waals surface area contributed by atoms with Crippen molar-refractivity contribution in [2.75, 3.05) is 13.2 Å². The van der Waals surface area contributed by atoms with E-state index in [4.69, 9.17) is 21.1 Å². The molecule has 0 saturated carbocycles. The molecule has 0 spiro atoms. The third-order valence-electron chi connectivity index (χ3n) is 1.93. The fourth-order valence-electron chi connectivity index (χ4n) is 1.19. The third kappa shape index (κ3) is 4.30. The van der Waals surface area contributed by atoms with Crippen molar-refractivity contribution >= 4 is 17.9 Å². The predicted octanol–water partition coefficient (Wildman–Crippen LogP) is 2.80. The van der Waals surface area contributed by atoms with Crippen LogP contribution in [-0.4, -0.2) is 25.8 Å². The van der Waals surface area contributed by atoms with Crippen molar-refractivity contribution in [1.82, 2.24) is 0 Å². The Kier molecular flexibility index (Phi) is 5.90. The number of aldehydes is 1. The van der Waals surface area contributed by atoms with E-state index in [0.29, 0.717) is 23.7 Å². The largest absolute Gasteiger partial charge is 0.487 e. The van der Waals surface area contributed by atoms with Gasteiger partial charge in [-0.3, -0.25) is 4.79 Å². The number of ether oxygens (including phenoxy) is 2. The maximum atomic E-state index is 12.0. The zero-order valence-corrected chi connectivity index (χ0v) is 9.95. The number of benzene rings is 1. The molecule has 0 aromatic heterocycles. The van der Waals surface area contributed by atoms with E-state index in [9.17, 15) is 9.32 Å². The van der Waals surface area contributed by atoms with Gasteiger partial charge in [0.15, 0.2) is 6.29 Å². The highest BCUT2D eigenvalue weighted by atomic mass is 35.5. The Morgan fingerprint density at radius 3 is 2.88 bits per heavy atom. The lowest BCUT2D eigenvalue weighted by molar-refractivity contribution is -0.280. The summed E-state index contributed by atoms with van der Waals surface area (Å²) in [5, 5.41) is 0.419. The summed E-state index contributed by atoms with van der Waals surface area (Å²) in [6, 6.07) is 4.54. The number of hydrogen-bond acceptors (Lipinski definition) is 4. The first-order valence-corrected chi connectivity index (χ1v) is 5.35. The van der Waals surface area contributed by atoms with Crippen molar-refractivity contribution in [2.45, 2.75) is 13.2 Å². The molecular formula is C11H12ClFO4. The molecule has 0 aliphatic rings. The topological polar surface area (TPSA) is 44.8 Å². The molecule has 1 aromatic carbocycles. The Labute approximate surface area is 103 Å². The summed E-state index contributed by atoms with van der Waals surface area (Å²) >= 11 is 5.71. The van der Waals surface area contributed by atoms with Gasteiger partial charge >= 0.3 is 0 Å². The van der Waals surface area contributed by atoms with E-state index in [1.807, 2.05) is 0 Å². The van der Waals surface area contributed by atoms with Crippen molar-refractivity contribution in [3.63, 3.8) is 0 Å². The first-order valence-electron chi connectivity index (χ1n) is 4.97. The number of halogens is 2. The van der Waals surface area contributed by atoms with Gasteiger partial charge in [-0.2, -0.15) is 4.94 Å². The van der Waals surface area contributed by atoms with Crippen molar-refractivity contribution < 1.29 is 23.7 Å². The van der Waals surface area contributed by atoms with Crippen LogP contribution in [0.2, 0.25) is 5.02 Å². The number of carbonyl (C=O) groups excluding carboxylic acids is 1. The van der Waals surface area contributed by atoms with E-state index in [-0.39, 0.29) is 12.2 Å². The minimum atomic E-state index is -1.12. The van der Waals surface area contributed by atoms with E-state index in [0.717, 1.165) is 0 Å². The van der Waals surface area contributed by atoms with E-state index in [2.05, 4.69) is 4.94 Å². The summed E-state index contributed by atoms with van der Waals surface area (Å²) in [4.78, 5) is 14.3. The Morgan fingerprint density at radius 1 is 1.53 bits per heavy atom. The lowest BCUT2D eigenvalue weighted by Gasteiger charge is -2.14. The molecule has 0 radical (unpaired) electrons. The van der Waals surface area contributed by atoms with Gasteiger partial charge in [0, 0.05) is 11.6 Å². The van der Waals surface area contributed by atoms with E-state index < -0.39 is 6.29 Å². The second kappa shape index (κ2) is 7.21. The highest BCUT2D eigenvalue weighted by Crippen LogP contribution is 2.21. The molecule has 6 heteroatoms. The predicted molar refractivity (Wildman–Crippen MR) is 59.9 cm³/mol. The van der Waals surface area contributed by atoms with Gasteiger partial charge in [0.2, 0.25) is 6.29 Å². The molecule has 4 nitrogen and oxygen atoms in total. The summed E-state index contributed by atoms with van der Waals surface area (Å²) in [6.07, 6.45) is -0.511. The second-order valence-corrected chi connectivity index (χ2v) is 3.52. The van der Waals surface area contributed by atoms with Crippen molar-refractivity contribution in [2.24, 2.45) is 0 Å². The van der Waals surface area contributed by atoms with Gasteiger partial charge in [-0.05, 0) is 29.6 Å². The molecule has 1 atom stereocenters. The van der Waals surface area contributed by atoms with Gasteiger partial charge in [0.05, 0.1) is 5.56 Å². The fraction of sp³-hybridized carbons (Fsp3) is 0.364. The average Bonchev–Trinajstić information content (AvgIpc) is 2.35. The van der Waals surface area contributed by atoms with Crippen LogP contribution in [0, 0.1) is 0 Å². The molecule has 0 amide bonds.